The number of carbonyl (C=O) groups is 3. The molecule has 1 heterocycles. The summed E-state index contributed by atoms with van der Waals surface area (Å²) in [6.07, 6.45) is 4.86. The van der Waals surface area contributed by atoms with Gasteiger partial charge in [0.2, 0.25) is 5.78 Å². The summed E-state index contributed by atoms with van der Waals surface area (Å²) in [5, 5.41) is 11.3. The smallest absolute Gasteiger partial charge is 0.303 e. The van der Waals surface area contributed by atoms with E-state index in [0.29, 0.717) is 19.3 Å². The van der Waals surface area contributed by atoms with Crippen molar-refractivity contribution in [1.29, 1.82) is 0 Å². The van der Waals surface area contributed by atoms with Gasteiger partial charge in [0, 0.05) is 23.7 Å². The fraction of sp³-hybridized carbons (Fsp3) is 0.708. The average molecular weight is 432 g/mol. The highest BCUT2D eigenvalue weighted by molar-refractivity contribution is 6.01. The van der Waals surface area contributed by atoms with Crippen molar-refractivity contribution in [1.82, 2.24) is 0 Å². The van der Waals surface area contributed by atoms with E-state index < -0.39 is 45.7 Å². The Morgan fingerprint density at radius 1 is 1.26 bits per heavy atom. The van der Waals surface area contributed by atoms with Crippen molar-refractivity contribution >= 4 is 17.5 Å². The lowest BCUT2D eigenvalue weighted by molar-refractivity contribution is -0.208. The summed E-state index contributed by atoms with van der Waals surface area (Å²) in [4.78, 5) is 36.4. The molecule has 4 aliphatic carbocycles. The Morgan fingerprint density at radius 3 is 2.65 bits per heavy atom. The Balaban J connectivity index is 1.55. The fourth-order valence-electron chi connectivity index (χ4n) is 7.92. The van der Waals surface area contributed by atoms with E-state index >= 15 is 4.39 Å². The molecule has 7 heteroatoms. The minimum Gasteiger partial charge on any atom is -0.458 e. The molecule has 4 fully saturated rings. The van der Waals surface area contributed by atoms with Crippen molar-refractivity contribution in [2.45, 2.75) is 76.4 Å². The van der Waals surface area contributed by atoms with Gasteiger partial charge in [-0.2, -0.15) is 0 Å². The van der Waals surface area contributed by atoms with Gasteiger partial charge < -0.3 is 14.6 Å². The zero-order valence-electron chi connectivity index (χ0n) is 18.4. The molecule has 1 saturated heterocycles. The van der Waals surface area contributed by atoms with E-state index in [1.165, 1.54) is 19.1 Å². The number of halogens is 1. The lowest BCUT2D eigenvalue weighted by Gasteiger charge is -2.62. The van der Waals surface area contributed by atoms with E-state index in [4.69, 9.17) is 9.47 Å². The summed E-state index contributed by atoms with van der Waals surface area (Å²) in [6.45, 7) is 6.41. The summed E-state index contributed by atoms with van der Waals surface area (Å²) in [5.41, 5.74) is -4.99. The number of epoxide rings is 1. The molecular formula is C24H29FO6. The number of esters is 1. The summed E-state index contributed by atoms with van der Waals surface area (Å²) in [5.74, 6) is -1.67. The van der Waals surface area contributed by atoms with Crippen molar-refractivity contribution in [2.24, 2.45) is 22.7 Å². The highest BCUT2D eigenvalue weighted by Gasteiger charge is 2.88. The molecule has 0 amide bonds. The molecule has 0 spiro atoms. The van der Waals surface area contributed by atoms with Crippen LogP contribution in [0, 0.1) is 22.7 Å². The van der Waals surface area contributed by atoms with Gasteiger partial charge >= 0.3 is 5.97 Å². The van der Waals surface area contributed by atoms with Crippen LogP contribution >= 0.6 is 0 Å². The second-order valence-electron chi connectivity index (χ2n) is 10.7. The summed E-state index contributed by atoms with van der Waals surface area (Å²) < 4.78 is 28.1. The Morgan fingerprint density at radius 2 is 1.97 bits per heavy atom. The molecule has 1 N–H and O–H groups in total. The predicted molar refractivity (Wildman–Crippen MR) is 108 cm³/mol. The van der Waals surface area contributed by atoms with E-state index in [-0.39, 0.29) is 30.5 Å². The Hall–Kier alpha value is -1.86. The van der Waals surface area contributed by atoms with Crippen molar-refractivity contribution in [3.63, 3.8) is 0 Å². The van der Waals surface area contributed by atoms with E-state index in [2.05, 4.69) is 0 Å². The molecule has 3 saturated carbocycles. The van der Waals surface area contributed by atoms with Gasteiger partial charge in [-0.05, 0) is 57.6 Å². The second-order valence-corrected chi connectivity index (χ2v) is 10.7. The van der Waals surface area contributed by atoms with Crippen LogP contribution < -0.4 is 0 Å². The average Bonchev–Trinajstić information content (AvgIpc) is 3.27. The molecule has 5 aliphatic rings. The van der Waals surface area contributed by atoms with E-state index in [1.807, 2.05) is 13.8 Å². The maximum Gasteiger partial charge on any atom is 0.303 e. The molecule has 0 aromatic heterocycles. The molecule has 5 rings (SSSR count). The lowest BCUT2D eigenvalue weighted by atomic mass is 9.45. The summed E-state index contributed by atoms with van der Waals surface area (Å²) >= 11 is 0. The fourth-order valence-corrected chi connectivity index (χ4v) is 7.92. The minimum atomic E-state index is -1.94. The number of carbonyl (C=O) groups excluding carboxylic acids is 3. The van der Waals surface area contributed by atoms with Gasteiger partial charge in [-0.15, -0.1) is 0 Å². The molecule has 0 bridgehead atoms. The first kappa shape index (κ1) is 21.0. The van der Waals surface area contributed by atoms with Gasteiger partial charge in [0.05, 0.1) is 6.10 Å². The van der Waals surface area contributed by atoms with Gasteiger partial charge in [0.25, 0.3) is 0 Å². The molecule has 6 nitrogen and oxygen atoms in total. The van der Waals surface area contributed by atoms with Gasteiger partial charge in [0.1, 0.15) is 5.60 Å². The number of alkyl halides is 1. The predicted octanol–water partition coefficient (Wildman–Crippen LogP) is 2.63. The van der Waals surface area contributed by atoms with Crippen LogP contribution in [0.3, 0.4) is 0 Å². The van der Waals surface area contributed by atoms with Gasteiger partial charge in [-0.1, -0.05) is 18.6 Å². The Labute approximate surface area is 180 Å². The first-order valence-corrected chi connectivity index (χ1v) is 11.0. The first-order valence-electron chi connectivity index (χ1n) is 11.0. The first-order chi connectivity index (χ1) is 14.4. The maximum absolute atomic E-state index is 17.1. The molecule has 1 aliphatic heterocycles. The van der Waals surface area contributed by atoms with Gasteiger partial charge in [0.15, 0.2) is 23.7 Å². The molecule has 31 heavy (non-hydrogen) atoms. The molecule has 0 radical (unpaired) electrons. The Kier molecular flexibility index (Phi) is 4.02. The number of allylic oxidation sites excluding steroid dienone is 4. The van der Waals surface area contributed by atoms with Crippen molar-refractivity contribution in [2.75, 3.05) is 6.61 Å². The third-order valence-electron chi connectivity index (χ3n) is 9.33. The minimum absolute atomic E-state index is 0.0662. The molecule has 0 aromatic carbocycles. The van der Waals surface area contributed by atoms with Crippen LogP contribution in [0.2, 0.25) is 0 Å². The van der Waals surface area contributed by atoms with E-state index in [9.17, 15) is 19.5 Å². The van der Waals surface area contributed by atoms with Crippen LogP contribution in [0.25, 0.3) is 0 Å². The number of fused-ring (bicyclic) bond motifs is 7. The van der Waals surface area contributed by atoms with Crippen LogP contribution in [0.5, 0.6) is 0 Å². The van der Waals surface area contributed by atoms with Crippen molar-refractivity contribution in [3.8, 4) is 0 Å². The lowest BCUT2D eigenvalue weighted by Crippen LogP contribution is -2.68. The Bertz CT molecular complexity index is 971. The molecule has 8 atom stereocenters. The number of ketones is 2. The van der Waals surface area contributed by atoms with Crippen LogP contribution in [-0.4, -0.2) is 52.2 Å². The second kappa shape index (κ2) is 5.93. The van der Waals surface area contributed by atoms with E-state index in [1.54, 1.807) is 13.0 Å². The molecule has 0 unspecified atom stereocenters. The SMILES string of the molecule is CC(=O)OCC(=O)[C@@]12O[C@]1(C)C[C@H]1[C@@H]3CCC4=CC(=O)C=C[C@]4(C)[C@@]3(F)[C@@H](O)C[C@@]12C. The monoisotopic (exact) mass is 432 g/mol. The topological polar surface area (TPSA) is 93.2 Å². The summed E-state index contributed by atoms with van der Waals surface area (Å²) in [6, 6.07) is 0. The number of rotatable bonds is 3. The van der Waals surface area contributed by atoms with Crippen LogP contribution in [0.4, 0.5) is 4.39 Å². The number of aliphatic hydroxyl groups is 1. The molecular weight excluding hydrogens is 403 g/mol. The molecule has 0 aromatic rings. The van der Waals surface area contributed by atoms with Gasteiger partial charge in [-0.25, -0.2) is 4.39 Å². The number of aliphatic hydroxyl groups excluding tert-OH is 1. The van der Waals surface area contributed by atoms with Crippen molar-refractivity contribution < 1.29 is 33.4 Å². The van der Waals surface area contributed by atoms with E-state index in [0.717, 1.165) is 5.57 Å². The standard InChI is InChI=1S/C24H29FO6/c1-13(26)30-12-19(29)24-21(3)11-18(28)23(25)16(17(21)10-22(24,4)31-24)6-5-14-9-15(27)7-8-20(14,23)2/h7-9,16-18,28H,5-6,10-12H2,1-4H3/t16-,17-,18-,20-,21-,22+,23-,24-/m0/s1. The number of ether oxygens (including phenoxy) is 2. The number of hydrogen-bond donors (Lipinski definition) is 1. The van der Waals surface area contributed by atoms with Crippen LogP contribution in [0.1, 0.15) is 53.4 Å². The zero-order chi connectivity index (χ0) is 22.6. The largest absolute Gasteiger partial charge is 0.458 e. The number of hydrogen-bond acceptors (Lipinski definition) is 6. The zero-order valence-corrected chi connectivity index (χ0v) is 18.4. The number of Topliss-reactive ketones (excluding diaryl/α,β-unsaturated/α-hetero) is 1. The summed E-state index contributed by atoms with van der Waals surface area (Å²) in [7, 11) is 0. The third kappa shape index (κ3) is 2.22. The highest BCUT2D eigenvalue weighted by Crippen LogP contribution is 2.78. The maximum atomic E-state index is 17.1. The van der Waals surface area contributed by atoms with Crippen LogP contribution in [0.15, 0.2) is 23.8 Å². The van der Waals surface area contributed by atoms with Gasteiger partial charge in [-0.3, -0.25) is 14.4 Å². The quantitative estimate of drug-likeness (QED) is 0.544. The molecule has 168 valence electrons. The third-order valence-corrected chi connectivity index (χ3v) is 9.33. The normalized spacial score (nSPS) is 51.7. The highest BCUT2D eigenvalue weighted by atomic mass is 19.1. The van der Waals surface area contributed by atoms with Crippen LogP contribution in [-0.2, 0) is 23.9 Å². The van der Waals surface area contributed by atoms with Crippen molar-refractivity contribution in [3.05, 3.63) is 23.8 Å².